The Bertz CT molecular complexity index is 415. The van der Waals surface area contributed by atoms with Gasteiger partial charge < -0.3 is 37.0 Å². The normalized spacial score (nSPS) is 11.3. The standard InChI is InChI=1S/C6H14N2O2.C6H8O7.ClH/c7-4-2-1-3-5(8)6(9)10;7-3(8)1-6(13,5(11)12)2-4(9)10;/h5H,1-4,7-8H2,(H,9,10);13H,1-2H2,(H,7,8)(H,9,10)(H,11,12);1H. The topological polar surface area (TPSA) is 221 Å². The van der Waals surface area contributed by atoms with Gasteiger partial charge in [-0.3, -0.25) is 14.4 Å². The van der Waals surface area contributed by atoms with Gasteiger partial charge in [0.25, 0.3) is 0 Å². The van der Waals surface area contributed by atoms with E-state index in [9.17, 15) is 19.2 Å². The lowest BCUT2D eigenvalue weighted by molar-refractivity contribution is -0.170. The van der Waals surface area contributed by atoms with Gasteiger partial charge in [-0.1, -0.05) is 6.42 Å². The van der Waals surface area contributed by atoms with Crippen molar-refractivity contribution in [3.63, 3.8) is 0 Å². The monoisotopic (exact) mass is 374 g/mol. The summed E-state index contributed by atoms with van der Waals surface area (Å²) in [5, 5.41) is 42.1. The molecule has 0 saturated heterocycles. The maximum Gasteiger partial charge on any atom is 0.336 e. The van der Waals surface area contributed by atoms with Crippen LogP contribution in [0.4, 0.5) is 0 Å². The molecule has 0 fully saturated rings. The lowest BCUT2D eigenvalue weighted by Crippen LogP contribution is -2.42. The van der Waals surface area contributed by atoms with E-state index in [0.717, 1.165) is 12.8 Å². The van der Waals surface area contributed by atoms with E-state index in [4.69, 9.17) is 37.0 Å². The van der Waals surface area contributed by atoms with Crippen LogP contribution >= 0.6 is 12.4 Å². The quantitative estimate of drug-likeness (QED) is 0.222. The molecule has 1 unspecified atom stereocenters. The Hall–Kier alpha value is -1.95. The van der Waals surface area contributed by atoms with Crippen LogP contribution in [-0.2, 0) is 19.2 Å². The van der Waals surface area contributed by atoms with Gasteiger partial charge in [0, 0.05) is 0 Å². The highest BCUT2D eigenvalue weighted by molar-refractivity contribution is 5.88. The van der Waals surface area contributed by atoms with Crippen LogP contribution in [0.1, 0.15) is 32.1 Å². The average Bonchev–Trinajstić information content (AvgIpc) is 2.37. The molecule has 0 aromatic rings. The predicted octanol–water partition coefficient (Wildman–Crippen LogP) is -1.30. The molecular weight excluding hydrogens is 352 g/mol. The van der Waals surface area contributed by atoms with Gasteiger partial charge in [0.1, 0.15) is 6.04 Å². The molecule has 0 bridgehead atoms. The van der Waals surface area contributed by atoms with Gasteiger partial charge in [0.2, 0.25) is 0 Å². The predicted molar refractivity (Wildman–Crippen MR) is 82.9 cm³/mol. The number of unbranched alkanes of at least 4 members (excludes halogenated alkanes) is 1. The fourth-order valence-corrected chi connectivity index (χ4v) is 1.35. The van der Waals surface area contributed by atoms with Crippen molar-refractivity contribution in [2.24, 2.45) is 11.5 Å². The molecule has 11 nitrogen and oxygen atoms in total. The first-order valence-electron chi connectivity index (χ1n) is 6.54. The molecule has 0 aliphatic carbocycles. The molecule has 0 aliphatic rings. The van der Waals surface area contributed by atoms with Crippen LogP contribution in [-0.4, -0.2) is 67.6 Å². The van der Waals surface area contributed by atoms with Crippen LogP contribution in [0.2, 0.25) is 0 Å². The van der Waals surface area contributed by atoms with Crippen molar-refractivity contribution in [2.75, 3.05) is 6.54 Å². The Labute approximate surface area is 143 Å². The van der Waals surface area contributed by atoms with E-state index in [1.807, 2.05) is 0 Å². The Balaban J connectivity index is -0.000000364. The van der Waals surface area contributed by atoms with E-state index in [-0.39, 0.29) is 12.4 Å². The summed E-state index contributed by atoms with van der Waals surface area (Å²) >= 11 is 0. The Morgan fingerprint density at radius 3 is 1.58 bits per heavy atom. The van der Waals surface area contributed by atoms with E-state index in [1.54, 1.807) is 0 Å². The number of rotatable bonds is 10. The van der Waals surface area contributed by atoms with E-state index in [2.05, 4.69) is 0 Å². The lowest BCUT2D eigenvalue weighted by atomic mass is 9.96. The molecule has 0 radical (unpaired) electrons. The third-order valence-corrected chi connectivity index (χ3v) is 2.57. The van der Waals surface area contributed by atoms with E-state index in [1.165, 1.54) is 0 Å². The van der Waals surface area contributed by atoms with Crippen molar-refractivity contribution in [3.8, 4) is 0 Å². The third-order valence-electron chi connectivity index (χ3n) is 2.57. The van der Waals surface area contributed by atoms with Crippen molar-refractivity contribution in [2.45, 2.75) is 43.7 Å². The van der Waals surface area contributed by atoms with Crippen molar-refractivity contribution in [3.05, 3.63) is 0 Å². The van der Waals surface area contributed by atoms with Crippen LogP contribution in [0, 0.1) is 0 Å². The van der Waals surface area contributed by atoms with Gasteiger partial charge in [0.15, 0.2) is 5.60 Å². The number of hydrogen-bond acceptors (Lipinski definition) is 7. The van der Waals surface area contributed by atoms with Crippen molar-refractivity contribution >= 4 is 36.3 Å². The summed E-state index contributed by atoms with van der Waals surface area (Å²) in [6.45, 7) is 0.604. The molecule has 0 spiro atoms. The van der Waals surface area contributed by atoms with Gasteiger partial charge in [0.05, 0.1) is 12.8 Å². The van der Waals surface area contributed by atoms with Gasteiger partial charge in [-0.2, -0.15) is 0 Å². The fourth-order valence-electron chi connectivity index (χ4n) is 1.35. The number of carboxylic acid groups (broad SMARTS) is 4. The second-order valence-electron chi connectivity index (χ2n) is 4.71. The minimum atomic E-state index is -2.74. The highest BCUT2D eigenvalue weighted by Crippen LogP contribution is 2.15. The number of nitrogens with two attached hydrogens (primary N) is 2. The summed E-state index contributed by atoms with van der Waals surface area (Å²) in [5.74, 6) is -5.95. The van der Waals surface area contributed by atoms with Gasteiger partial charge in [-0.05, 0) is 19.4 Å². The van der Waals surface area contributed by atoms with Crippen LogP contribution < -0.4 is 11.5 Å². The largest absolute Gasteiger partial charge is 0.481 e. The first-order valence-corrected chi connectivity index (χ1v) is 6.54. The van der Waals surface area contributed by atoms with Gasteiger partial charge >= 0.3 is 23.9 Å². The third kappa shape index (κ3) is 13.7. The number of aliphatic hydroxyl groups is 1. The van der Waals surface area contributed by atoms with Crippen LogP contribution in [0.15, 0.2) is 0 Å². The highest BCUT2D eigenvalue weighted by atomic mass is 35.5. The zero-order valence-corrected chi connectivity index (χ0v) is 13.6. The maximum atomic E-state index is 10.3. The lowest BCUT2D eigenvalue weighted by Gasteiger charge is -2.18. The highest BCUT2D eigenvalue weighted by Gasteiger charge is 2.40. The second kappa shape index (κ2) is 13.5. The molecule has 0 rings (SSSR count). The summed E-state index contributed by atoms with van der Waals surface area (Å²) in [4.78, 5) is 40.6. The SMILES string of the molecule is Cl.NCCCCC(N)C(=O)O.O=C(O)CC(O)(CC(=O)O)C(=O)O. The second-order valence-corrected chi connectivity index (χ2v) is 4.71. The maximum absolute atomic E-state index is 10.3. The molecule has 142 valence electrons. The minimum absolute atomic E-state index is 0. The molecule has 12 heteroatoms. The number of carbonyl (C=O) groups is 4. The zero-order chi connectivity index (χ0) is 18.6. The van der Waals surface area contributed by atoms with Crippen LogP contribution in [0.25, 0.3) is 0 Å². The fraction of sp³-hybridized carbons (Fsp3) is 0.667. The molecule has 0 heterocycles. The minimum Gasteiger partial charge on any atom is -0.481 e. The smallest absolute Gasteiger partial charge is 0.336 e. The van der Waals surface area contributed by atoms with Crippen molar-refractivity contribution in [1.82, 2.24) is 0 Å². The first kappa shape index (κ1) is 26.9. The molecule has 0 aromatic heterocycles. The van der Waals surface area contributed by atoms with E-state index < -0.39 is 48.4 Å². The summed E-state index contributed by atoms with van der Waals surface area (Å²) < 4.78 is 0. The zero-order valence-electron chi connectivity index (χ0n) is 12.8. The van der Waals surface area contributed by atoms with Crippen molar-refractivity contribution < 1.29 is 44.7 Å². The summed E-state index contributed by atoms with van der Waals surface area (Å²) in [6.07, 6.45) is -0.124. The van der Waals surface area contributed by atoms with Crippen molar-refractivity contribution in [1.29, 1.82) is 0 Å². The molecule has 0 aromatic carbocycles. The Kier molecular flexibility index (Phi) is 15.1. The molecule has 0 saturated carbocycles. The van der Waals surface area contributed by atoms with Gasteiger partial charge in [-0.15, -0.1) is 12.4 Å². The number of halogens is 1. The number of carboxylic acids is 4. The average molecular weight is 375 g/mol. The van der Waals surface area contributed by atoms with Crippen LogP contribution in [0.5, 0.6) is 0 Å². The van der Waals surface area contributed by atoms with E-state index >= 15 is 0 Å². The Morgan fingerprint density at radius 2 is 1.33 bits per heavy atom. The molecule has 9 N–H and O–H groups in total. The van der Waals surface area contributed by atoms with Gasteiger partial charge in [-0.25, -0.2) is 4.79 Å². The summed E-state index contributed by atoms with van der Waals surface area (Å²) in [6, 6.07) is -0.716. The van der Waals surface area contributed by atoms with Crippen LogP contribution in [0.3, 0.4) is 0 Å². The summed E-state index contributed by atoms with van der Waals surface area (Å²) in [7, 11) is 0. The summed E-state index contributed by atoms with van der Waals surface area (Å²) in [5.41, 5.74) is 7.68. The molecule has 24 heavy (non-hydrogen) atoms. The molecule has 0 aliphatic heterocycles. The van der Waals surface area contributed by atoms with E-state index in [0.29, 0.717) is 13.0 Å². The number of aliphatic carboxylic acids is 4. The molecule has 0 amide bonds. The molecule has 1 atom stereocenters. The molecular formula is C12H23ClN2O9. The Morgan fingerprint density at radius 1 is 0.917 bits per heavy atom. The first-order chi connectivity index (χ1) is 10.5. The number of hydrogen-bond donors (Lipinski definition) is 7.